The number of rotatable bonds is 6. The van der Waals surface area contributed by atoms with Gasteiger partial charge in [-0.25, -0.2) is 4.98 Å². The molecule has 2 aromatic carbocycles. The molecule has 6 heteroatoms. The van der Waals surface area contributed by atoms with E-state index in [-0.39, 0.29) is 0 Å². The van der Waals surface area contributed by atoms with E-state index in [9.17, 15) is 0 Å². The maximum Gasteiger partial charge on any atom is 0.100 e. The lowest BCUT2D eigenvalue weighted by atomic mass is 10.2. The zero-order valence-corrected chi connectivity index (χ0v) is 14.7. The molecule has 2 N–H and O–H groups in total. The third-order valence-electron chi connectivity index (χ3n) is 4.48. The second-order valence-electron chi connectivity index (χ2n) is 6.25. The molecule has 2 heterocycles. The molecule has 0 aliphatic carbocycles. The molecule has 0 aliphatic heterocycles. The predicted molar refractivity (Wildman–Crippen MR) is 101 cm³/mol. The summed E-state index contributed by atoms with van der Waals surface area (Å²) in [6, 6.07) is 16.4. The topological polar surface area (TPSA) is 70.9 Å². The first-order valence-electron chi connectivity index (χ1n) is 8.54. The van der Waals surface area contributed by atoms with E-state index < -0.39 is 0 Å². The Balaban J connectivity index is 1.53. The van der Waals surface area contributed by atoms with Crippen molar-refractivity contribution in [3.8, 4) is 5.69 Å². The highest BCUT2D eigenvalue weighted by Crippen LogP contribution is 2.20. The fourth-order valence-electron chi connectivity index (χ4n) is 3.00. The fraction of sp³-hybridized carbons (Fsp3) is 0.200. The van der Waals surface area contributed by atoms with Crippen molar-refractivity contribution in [2.24, 2.45) is 12.8 Å². The quantitative estimate of drug-likeness (QED) is 0.582. The van der Waals surface area contributed by atoms with Gasteiger partial charge in [0.1, 0.15) is 6.33 Å². The van der Waals surface area contributed by atoms with Crippen LogP contribution in [0.4, 0.5) is 0 Å². The molecular formula is C20H21N5O. The highest BCUT2D eigenvalue weighted by molar-refractivity contribution is 5.78. The molecule has 4 aromatic rings. The number of hydrogen-bond donors (Lipinski definition) is 1. The van der Waals surface area contributed by atoms with Crippen LogP contribution in [-0.4, -0.2) is 19.3 Å². The van der Waals surface area contributed by atoms with Gasteiger partial charge in [0.15, 0.2) is 0 Å². The van der Waals surface area contributed by atoms with Crippen molar-refractivity contribution in [3.63, 3.8) is 0 Å². The molecule has 6 nitrogen and oxygen atoms in total. The molecule has 0 fully saturated rings. The van der Waals surface area contributed by atoms with Gasteiger partial charge in [-0.2, -0.15) is 5.10 Å². The number of imidazole rings is 1. The highest BCUT2D eigenvalue weighted by Gasteiger charge is 2.06. The summed E-state index contributed by atoms with van der Waals surface area (Å²) in [5.74, 6) is 0. The first kappa shape index (κ1) is 16.5. The minimum Gasteiger partial charge on any atom is -0.370 e. The zero-order valence-electron chi connectivity index (χ0n) is 14.7. The lowest BCUT2D eigenvalue weighted by Gasteiger charge is -2.09. The monoisotopic (exact) mass is 347 g/mol. The van der Waals surface area contributed by atoms with E-state index in [1.165, 1.54) is 0 Å². The summed E-state index contributed by atoms with van der Waals surface area (Å²) in [4.78, 5) is 4.51. The van der Waals surface area contributed by atoms with Crippen LogP contribution in [0.1, 0.15) is 16.8 Å². The summed E-state index contributed by atoms with van der Waals surface area (Å²) in [6.07, 6.45) is 3.63. The second kappa shape index (κ2) is 7.11. The molecule has 0 bridgehead atoms. The van der Waals surface area contributed by atoms with Gasteiger partial charge < -0.3 is 10.5 Å². The van der Waals surface area contributed by atoms with Gasteiger partial charge in [-0.15, -0.1) is 0 Å². The van der Waals surface area contributed by atoms with Crippen molar-refractivity contribution in [1.82, 2.24) is 19.3 Å². The number of aryl methyl sites for hydroxylation is 1. The van der Waals surface area contributed by atoms with Crippen molar-refractivity contribution in [2.45, 2.75) is 19.8 Å². The number of fused-ring (bicyclic) bond motifs is 1. The average molecular weight is 347 g/mol. The van der Waals surface area contributed by atoms with Crippen LogP contribution < -0.4 is 5.73 Å². The lowest BCUT2D eigenvalue weighted by molar-refractivity contribution is 0.102. The molecular weight excluding hydrogens is 326 g/mol. The molecule has 0 unspecified atom stereocenters. The Bertz CT molecular complexity index is 1030. The standard InChI is InChI=1S/C20H21N5O/c1-24-18(7-8-23-24)13-26-12-16-3-2-4-17(9-16)25-14-22-19-10-15(11-21)5-6-20(19)25/h2-10,14H,11-13,21H2,1H3. The van der Waals surface area contributed by atoms with Crippen LogP contribution in [0.15, 0.2) is 61.1 Å². The summed E-state index contributed by atoms with van der Waals surface area (Å²) >= 11 is 0. The third kappa shape index (κ3) is 3.24. The zero-order chi connectivity index (χ0) is 17.9. The Hall–Kier alpha value is -2.96. The molecule has 0 amide bonds. The molecule has 0 saturated carbocycles. The van der Waals surface area contributed by atoms with Gasteiger partial charge in [0.25, 0.3) is 0 Å². The van der Waals surface area contributed by atoms with Crippen molar-refractivity contribution in [3.05, 3.63) is 77.9 Å². The first-order chi connectivity index (χ1) is 12.7. The average Bonchev–Trinajstić information content (AvgIpc) is 3.27. The third-order valence-corrected chi connectivity index (χ3v) is 4.48. The Kier molecular flexibility index (Phi) is 4.51. The van der Waals surface area contributed by atoms with Crippen LogP contribution >= 0.6 is 0 Å². The number of benzene rings is 2. The molecule has 0 atom stereocenters. The van der Waals surface area contributed by atoms with Crippen LogP contribution in [0.2, 0.25) is 0 Å². The number of nitrogens with zero attached hydrogens (tertiary/aromatic N) is 4. The number of aromatic nitrogens is 4. The van der Waals surface area contributed by atoms with Crippen LogP contribution in [0.25, 0.3) is 16.7 Å². The van der Waals surface area contributed by atoms with Crippen molar-refractivity contribution >= 4 is 11.0 Å². The van der Waals surface area contributed by atoms with Crippen molar-refractivity contribution in [1.29, 1.82) is 0 Å². The fourth-order valence-corrected chi connectivity index (χ4v) is 3.00. The van der Waals surface area contributed by atoms with Crippen LogP contribution in [-0.2, 0) is 31.5 Å². The van der Waals surface area contributed by atoms with E-state index in [0.717, 1.165) is 33.5 Å². The summed E-state index contributed by atoms with van der Waals surface area (Å²) in [5.41, 5.74) is 12.0. The molecule has 0 saturated heterocycles. The molecule has 4 rings (SSSR count). The van der Waals surface area contributed by atoms with Crippen LogP contribution in [0.5, 0.6) is 0 Å². The van der Waals surface area contributed by atoms with Gasteiger partial charge in [-0.1, -0.05) is 18.2 Å². The minimum atomic E-state index is 0.520. The molecule has 26 heavy (non-hydrogen) atoms. The number of nitrogens with two attached hydrogens (primary N) is 1. The van der Waals surface area contributed by atoms with E-state index >= 15 is 0 Å². The maximum atomic E-state index is 5.84. The number of hydrogen-bond acceptors (Lipinski definition) is 4. The predicted octanol–water partition coefficient (Wildman–Crippen LogP) is 2.93. The number of ether oxygens (including phenoxy) is 1. The smallest absolute Gasteiger partial charge is 0.100 e. The Morgan fingerprint density at radius 3 is 2.77 bits per heavy atom. The molecule has 2 aromatic heterocycles. The van der Waals surface area contributed by atoms with E-state index in [2.05, 4.69) is 38.9 Å². The second-order valence-corrected chi connectivity index (χ2v) is 6.25. The van der Waals surface area contributed by atoms with E-state index in [1.807, 2.05) is 42.3 Å². The Labute approximate surface area is 151 Å². The van der Waals surface area contributed by atoms with Gasteiger partial charge in [0.05, 0.1) is 29.9 Å². The van der Waals surface area contributed by atoms with Gasteiger partial charge in [0.2, 0.25) is 0 Å². The van der Waals surface area contributed by atoms with Gasteiger partial charge in [-0.05, 0) is 41.5 Å². The van der Waals surface area contributed by atoms with Gasteiger partial charge >= 0.3 is 0 Å². The summed E-state index contributed by atoms with van der Waals surface area (Å²) in [7, 11) is 1.92. The SMILES string of the molecule is Cn1nccc1COCc1cccc(-n2cnc3cc(CN)ccc32)c1. The van der Waals surface area contributed by atoms with Crippen LogP contribution in [0, 0.1) is 0 Å². The van der Waals surface area contributed by atoms with Crippen molar-refractivity contribution < 1.29 is 4.74 Å². The molecule has 0 aliphatic rings. The Morgan fingerprint density at radius 2 is 1.96 bits per heavy atom. The van der Waals surface area contributed by atoms with Gasteiger partial charge in [0, 0.05) is 25.5 Å². The molecule has 0 radical (unpaired) electrons. The lowest BCUT2D eigenvalue weighted by Crippen LogP contribution is -2.02. The molecule has 132 valence electrons. The summed E-state index contributed by atoms with van der Waals surface area (Å²) in [5, 5.41) is 4.15. The normalized spacial score (nSPS) is 11.3. The van der Waals surface area contributed by atoms with E-state index in [4.69, 9.17) is 10.5 Å². The summed E-state index contributed by atoms with van der Waals surface area (Å²) in [6.45, 7) is 1.60. The highest BCUT2D eigenvalue weighted by atomic mass is 16.5. The van der Waals surface area contributed by atoms with Crippen molar-refractivity contribution in [2.75, 3.05) is 0 Å². The first-order valence-corrected chi connectivity index (χ1v) is 8.54. The minimum absolute atomic E-state index is 0.520. The van der Waals surface area contributed by atoms with E-state index in [1.54, 1.807) is 6.20 Å². The van der Waals surface area contributed by atoms with Gasteiger partial charge in [-0.3, -0.25) is 9.25 Å². The largest absolute Gasteiger partial charge is 0.370 e. The summed E-state index contributed by atoms with van der Waals surface area (Å²) < 4.78 is 9.74. The van der Waals surface area contributed by atoms with Crippen LogP contribution in [0.3, 0.4) is 0 Å². The van der Waals surface area contributed by atoms with E-state index in [0.29, 0.717) is 19.8 Å². The maximum absolute atomic E-state index is 5.84. The Morgan fingerprint density at radius 1 is 1.04 bits per heavy atom. The molecule has 0 spiro atoms.